The Hall–Kier alpha value is -1.20. The van der Waals surface area contributed by atoms with Gasteiger partial charge in [-0.1, -0.05) is 18.0 Å². The lowest BCUT2D eigenvalue weighted by Crippen LogP contribution is -2.39. The first kappa shape index (κ1) is 11.9. The zero-order chi connectivity index (χ0) is 12.5. The third kappa shape index (κ3) is 2.08. The molecule has 0 N–H and O–H groups in total. The Morgan fingerprint density at radius 2 is 2.22 bits per heavy atom. The molecule has 0 saturated carbocycles. The molecule has 0 radical (unpaired) electrons. The van der Waals surface area contributed by atoms with E-state index in [1.807, 2.05) is 6.33 Å². The van der Waals surface area contributed by atoms with E-state index in [9.17, 15) is 0 Å². The molecular weight excluding hydrogens is 250 g/mol. The van der Waals surface area contributed by atoms with Crippen molar-refractivity contribution in [2.24, 2.45) is 0 Å². The number of likely N-dealkylation sites (tertiary alicyclic amines) is 1. The molecular formula is C12H16ClN5. The normalized spacial score (nSPS) is 21.6. The van der Waals surface area contributed by atoms with Crippen LogP contribution >= 0.6 is 11.6 Å². The Balaban J connectivity index is 1.88. The number of likely N-dealkylation sites (N-methyl/N-ethyl adjacent to an activating group) is 1. The van der Waals surface area contributed by atoms with Crippen molar-refractivity contribution in [3.05, 3.63) is 17.8 Å². The highest BCUT2D eigenvalue weighted by atomic mass is 35.5. The highest BCUT2D eigenvalue weighted by Crippen LogP contribution is 2.21. The van der Waals surface area contributed by atoms with Crippen LogP contribution in [0.1, 0.15) is 19.3 Å². The maximum Gasteiger partial charge on any atom is 0.164 e. The lowest BCUT2D eigenvalue weighted by Gasteiger charge is -2.32. The molecule has 3 heterocycles. The highest BCUT2D eigenvalue weighted by molar-refractivity contribution is 6.33. The van der Waals surface area contributed by atoms with Crippen LogP contribution in [0.25, 0.3) is 11.2 Å². The monoisotopic (exact) mass is 265 g/mol. The predicted octanol–water partition coefficient (Wildman–Crippen LogP) is 1.96. The summed E-state index contributed by atoms with van der Waals surface area (Å²) in [7, 11) is 2.19. The molecule has 1 aliphatic rings. The van der Waals surface area contributed by atoms with E-state index in [2.05, 4.69) is 31.5 Å². The Morgan fingerprint density at radius 3 is 3.06 bits per heavy atom. The second kappa shape index (κ2) is 4.82. The average Bonchev–Trinajstić information content (AvgIpc) is 2.77. The van der Waals surface area contributed by atoms with Crippen LogP contribution in [0.2, 0.25) is 5.15 Å². The van der Waals surface area contributed by atoms with Gasteiger partial charge in [0.05, 0.1) is 6.33 Å². The van der Waals surface area contributed by atoms with Crippen molar-refractivity contribution in [1.29, 1.82) is 0 Å². The van der Waals surface area contributed by atoms with Gasteiger partial charge in [0.2, 0.25) is 0 Å². The van der Waals surface area contributed by atoms with Crippen LogP contribution < -0.4 is 0 Å². The Kier molecular flexibility index (Phi) is 3.18. The van der Waals surface area contributed by atoms with Gasteiger partial charge in [0.25, 0.3) is 0 Å². The van der Waals surface area contributed by atoms with Crippen molar-refractivity contribution in [3.8, 4) is 0 Å². The highest BCUT2D eigenvalue weighted by Gasteiger charge is 2.20. The average molecular weight is 266 g/mol. The molecule has 1 saturated heterocycles. The first-order chi connectivity index (χ1) is 8.75. The van der Waals surface area contributed by atoms with Gasteiger partial charge >= 0.3 is 0 Å². The summed E-state index contributed by atoms with van der Waals surface area (Å²) in [6, 6.07) is 0.560. The summed E-state index contributed by atoms with van der Waals surface area (Å²) in [4.78, 5) is 14.9. The molecule has 3 rings (SSSR count). The minimum Gasteiger partial charge on any atom is -0.314 e. The van der Waals surface area contributed by atoms with Crippen LogP contribution in [0.5, 0.6) is 0 Å². The van der Waals surface area contributed by atoms with E-state index in [1.54, 1.807) is 0 Å². The summed E-state index contributed by atoms with van der Waals surface area (Å²) < 4.78 is 2.08. The molecule has 0 spiro atoms. The molecule has 2 aromatic rings. The summed E-state index contributed by atoms with van der Waals surface area (Å²) in [6.45, 7) is 2.09. The minimum absolute atomic E-state index is 0.427. The van der Waals surface area contributed by atoms with Crippen LogP contribution in [0.4, 0.5) is 0 Å². The molecule has 1 atom stereocenters. The first-order valence-corrected chi connectivity index (χ1v) is 6.65. The maximum atomic E-state index is 6.00. The van der Waals surface area contributed by atoms with E-state index in [1.165, 1.54) is 32.1 Å². The number of imidazole rings is 1. The van der Waals surface area contributed by atoms with Crippen molar-refractivity contribution < 1.29 is 0 Å². The fraction of sp³-hybridized carbons (Fsp3) is 0.583. The first-order valence-electron chi connectivity index (χ1n) is 6.27. The number of aromatic nitrogens is 4. The third-order valence-corrected chi connectivity index (χ3v) is 3.96. The van der Waals surface area contributed by atoms with Crippen LogP contribution in [-0.2, 0) is 6.54 Å². The van der Waals surface area contributed by atoms with Crippen LogP contribution in [0, 0.1) is 0 Å². The van der Waals surface area contributed by atoms with E-state index in [0.717, 1.165) is 12.2 Å². The molecule has 6 heteroatoms. The zero-order valence-electron chi connectivity index (χ0n) is 10.4. The van der Waals surface area contributed by atoms with Crippen molar-refractivity contribution in [3.63, 3.8) is 0 Å². The van der Waals surface area contributed by atoms with Gasteiger partial charge in [-0.05, 0) is 26.4 Å². The summed E-state index contributed by atoms with van der Waals surface area (Å²) in [6.07, 6.45) is 7.14. The molecule has 18 heavy (non-hydrogen) atoms. The number of hydrogen-bond acceptors (Lipinski definition) is 4. The molecule has 0 amide bonds. The van der Waals surface area contributed by atoms with E-state index < -0.39 is 0 Å². The van der Waals surface area contributed by atoms with Crippen LogP contribution in [0.15, 0.2) is 12.7 Å². The molecule has 5 nitrogen and oxygen atoms in total. The second-order valence-electron chi connectivity index (χ2n) is 4.86. The lowest BCUT2D eigenvalue weighted by atomic mass is 10.0. The van der Waals surface area contributed by atoms with Gasteiger partial charge in [-0.2, -0.15) is 0 Å². The molecule has 0 bridgehead atoms. The van der Waals surface area contributed by atoms with E-state index in [-0.39, 0.29) is 0 Å². The SMILES string of the molecule is CN1CCCCC1Cn1cnc2c(Cl)ncnc21. The number of nitrogens with zero attached hydrogens (tertiary/aromatic N) is 5. The number of halogens is 1. The van der Waals surface area contributed by atoms with Crippen LogP contribution in [0.3, 0.4) is 0 Å². The largest absolute Gasteiger partial charge is 0.314 e. The smallest absolute Gasteiger partial charge is 0.164 e. The molecule has 2 aromatic heterocycles. The quantitative estimate of drug-likeness (QED) is 0.779. The van der Waals surface area contributed by atoms with Crippen LogP contribution in [-0.4, -0.2) is 44.1 Å². The van der Waals surface area contributed by atoms with E-state index >= 15 is 0 Å². The van der Waals surface area contributed by atoms with Gasteiger partial charge in [0, 0.05) is 12.6 Å². The van der Waals surface area contributed by atoms with Gasteiger partial charge in [-0.15, -0.1) is 0 Å². The Labute approximate surface area is 111 Å². The van der Waals surface area contributed by atoms with Crippen molar-refractivity contribution in [1.82, 2.24) is 24.4 Å². The minimum atomic E-state index is 0.427. The number of hydrogen-bond donors (Lipinski definition) is 0. The molecule has 1 fully saturated rings. The summed E-state index contributed by atoms with van der Waals surface area (Å²) in [5, 5.41) is 0.427. The maximum absolute atomic E-state index is 6.00. The fourth-order valence-corrected chi connectivity index (χ4v) is 2.76. The Bertz CT molecular complexity index is 552. The van der Waals surface area contributed by atoms with E-state index in [0.29, 0.717) is 16.7 Å². The lowest BCUT2D eigenvalue weighted by molar-refractivity contribution is 0.168. The zero-order valence-corrected chi connectivity index (χ0v) is 11.1. The second-order valence-corrected chi connectivity index (χ2v) is 5.22. The summed E-state index contributed by atoms with van der Waals surface area (Å²) >= 11 is 6.00. The number of rotatable bonds is 2. The molecule has 0 aromatic carbocycles. The van der Waals surface area contributed by atoms with E-state index in [4.69, 9.17) is 11.6 Å². The van der Waals surface area contributed by atoms with Gasteiger partial charge in [0.15, 0.2) is 10.8 Å². The fourth-order valence-electron chi connectivity index (χ4n) is 2.59. The van der Waals surface area contributed by atoms with Crippen molar-refractivity contribution in [2.45, 2.75) is 31.8 Å². The topological polar surface area (TPSA) is 46.8 Å². The molecule has 0 aliphatic carbocycles. The molecule has 96 valence electrons. The van der Waals surface area contributed by atoms with Gasteiger partial charge in [-0.3, -0.25) is 0 Å². The molecule has 1 unspecified atom stereocenters. The van der Waals surface area contributed by atoms with Gasteiger partial charge in [-0.25, -0.2) is 15.0 Å². The predicted molar refractivity (Wildman–Crippen MR) is 70.6 cm³/mol. The summed E-state index contributed by atoms with van der Waals surface area (Å²) in [5.74, 6) is 0. The third-order valence-electron chi connectivity index (χ3n) is 3.69. The number of fused-ring (bicyclic) bond motifs is 1. The van der Waals surface area contributed by atoms with Gasteiger partial charge < -0.3 is 9.47 Å². The van der Waals surface area contributed by atoms with Gasteiger partial charge in [0.1, 0.15) is 11.8 Å². The van der Waals surface area contributed by atoms with Crippen molar-refractivity contribution in [2.75, 3.05) is 13.6 Å². The Morgan fingerprint density at radius 1 is 1.33 bits per heavy atom. The molecule has 1 aliphatic heterocycles. The summed E-state index contributed by atoms with van der Waals surface area (Å²) in [5.41, 5.74) is 1.52. The standard InChI is InChI=1S/C12H16ClN5/c1-17-5-3-2-4-9(17)6-18-8-16-10-11(13)14-7-15-12(10)18/h7-9H,2-6H2,1H3. The number of piperidine rings is 1. The van der Waals surface area contributed by atoms with Crippen molar-refractivity contribution >= 4 is 22.8 Å².